The summed E-state index contributed by atoms with van der Waals surface area (Å²) in [5.74, 6) is -0.487. The lowest BCUT2D eigenvalue weighted by atomic mass is 9.63. The highest BCUT2D eigenvalue weighted by molar-refractivity contribution is 5.90. The molecular weight excluding hydrogens is 208 g/mol. The number of esters is 1. The first-order chi connectivity index (χ1) is 7.45. The van der Waals surface area contributed by atoms with Crippen LogP contribution < -0.4 is 5.32 Å². The Balaban J connectivity index is 2.59. The van der Waals surface area contributed by atoms with Crippen LogP contribution in [0.4, 0.5) is 0 Å². The molecule has 1 amide bonds. The van der Waals surface area contributed by atoms with Gasteiger partial charge in [0, 0.05) is 0 Å². The van der Waals surface area contributed by atoms with E-state index in [2.05, 4.69) is 10.1 Å². The van der Waals surface area contributed by atoms with E-state index >= 15 is 0 Å². The largest absolute Gasteiger partial charge is 0.467 e. The monoisotopic (exact) mass is 224 g/mol. The van der Waals surface area contributed by atoms with E-state index in [0.29, 0.717) is 18.8 Å². The number of carbonyl (C=O) groups excluding carboxylic acids is 2. The van der Waals surface area contributed by atoms with E-state index < -0.39 is 17.4 Å². The highest BCUT2D eigenvalue weighted by Crippen LogP contribution is 2.45. The maximum atomic E-state index is 11.8. The standard InChI is InChI=1S/C11H16N2O3/c1-7-4-11(5-7,6-12)10(15)13-8(2)9(14)16-3/h7-8H,4-5H2,1-3H3,(H,13,15). The van der Waals surface area contributed by atoms with Crippen molar-refractivity contribution in [2.75, 3.05) is 7.11 Å². The van der Waals surface area contributed by atoms with Gasteiger partial charge in [0.1, 0.15) is 11.5 Å². The van der Waals surface area contributed by atoms with Crippen molar-refractivity contribution in [1.82, 2.24) is 5.32 Å². The molecule has 88 valence electrons. The summed E-state index contributed by atoms with van der Waals surface area (Å²) in [4.78, 5) is 22.9. The van der Waals surface area contributed by atoms with Gasteiger partial charge in [0.25, 0.3) is 0 Å². The Bertz CT molecular complexity index is 340. The summed E-state index contributed by atoms with van der Waals surface area (Å²) in [6.07, 6.45) is 1.12. The fraction of sp³-hybridized carbons (Fsp3) is 0.727. The van der Waals surface area contributed by atoms with Gasteiger partial charge in [-0.25, -0.2) is 4.79 Å². The molecule has 0 radical (unpaired) electrons. The molecule has 0 aromatic rings. The van der Waals surface area contributed by atoms with E-state index in [1.807, 2.05) is 13.0 Å². The fourth-order valence-corrected chi connectivity index (χ4v) is 2.03. The topological polar surface area (TPSA) is 79.2 Å². The van der Waals surface area contributed by atoms with Crippen LogP contribution in [0.15, 0.2) is 0 Å². The van der Waals surface area contributed by atoms with Crippen LogP contribution in [0.2, 0.25) is 0 Å². The second-order valence-electron chi connectivity index (χ2n) is 4.43. The Morgan fingerprint density at radius 2 is 2.12 bits per heavy atom. The number of hydrogen-bond acceptors (Lipinski definition) is 4. The number of nitrogens with zero attached hydrogens (tertiary/aromatic N) is 1. The van der Waals surface area contributed by atoms with Crippen LogP contribution in [0, 0.1) is 22.7 Å². The molecule has 16 heavy (non-hydrogen) atoms. The minimum absolute atomic E-state index is 0.369. The zero-order chi connectivity index (χ0) is 12.3. The molecule has 0 aromatic carbocycles. The van der Waals surface area contributed by atoms with Crippen LogP contribution in [0.3, 0.4) is 0 Å². The van der Waals surface area contributed by atoms with Gasteiger partial charge in [-0.3, -0.25) is 4.79 Å². The number of amides is 1. The van der Waals surface area contributed by atoms with Gasteiger partial charge in [0.15, 0.2) is 0 Å². The predicted octanol–water partition coefficient (Wildman–Crippen LogP) is 0.604. The van der Waals surface area contributed by atoms with Crippen molar-refractivity contribution in [3.8, 4) is 6.07 Å². The Hall–Kier alpha value is -1.57. The molecule has 1 fully saturated rings. The number of carbonyl (C=O) groups is 2. The van der Waals surface area contributed by atoms with Gasteiger partial charge in [-0.05, 0) is 25.7 Å². The molecule has 1 unspecified atom stereocenters. The Kier molecular flexibility index (Phi) is 3.53. The van der Waals surface area contributed by atoms with E-state index in [4.69, 9.17) is 5.26 Å². The molecule has 0 bridgehead atoms. The number of nitriles is 1. The van der Waals surface area contributed by atoms with Crippen LogP contribution in [-0.2, 0) is 14.3 Å². The van der Waals surface area contributed by atoms with Crippen LogP contribution in [0.1, 0.15) is 26.7 Å². The summed E-state index contributed by atoms with van der Waals surface area (Å²) in [6, 6.07) is 1.33. The molecule has 5 nitrogen and oxygen atoms in total. The summed E-state index contributed by atoms with van der Waals surface area (Å²) in [6.45, 7) is 3.53. The molecule has 0 spiro atoms. The second-order valence-corrected chi connectivity index (χ2v) is 4.43. The maximum absolute atomic E-state index is 11.8. The molecule has 1 aliphatic rings. The van der Waals surface area contributed by atoms with E-state index in [-0.39, 0.29) is 5.91 Å². The molecule has 5 heteroatoms. The van der Waals surface area contributed by atoms with Gasteiger partial charge in [-0.15, -0.1) is 0 Å². The molecule has 1 saturated carbocycles. The average molecular weight is 224 g/mol. The average Bonchev–Trinajstić information content (AvgIpc) is 2.22. The summed E-state index contributed by atoms with van der Waals surface area (Å²) in [5.41, 5.74) is -0.943. The van der Waals surface area contributed by atoms with Crippen molar-refractivity contribution in [1.29, 1.82) is 5.26 Å². The first-order valence-corrected chi connectivity index (χ1v) is 5.25. The second kappa shape index (κ2) is 4.52. The van der Waals surface area contributed by atoms with Crippen molar-refractivity contribution >= 4 is 11.9 Å². The van der Waals surface area contributed by atoms with Gasteiger partial charge >= 0.3 is 5.97 Å². The van der Waals surface area contributed by atoms with Crippen molar-refractivity contribution in [2.45, 2.75) is 32.7 Å². The fourth-order valence-electron chi connectivity index (χ4n) is 2.03. The maximum Gasteiger partial charge on any atom is 0.328 e. The van der Waals surface area contributed by atoms with Gasteiger partial charge in [-0.1, -0.05) is 6.92 Å². The molecule has 1 aliphatic carbocycles. The zero-order valence-corrected chi connectivity index (χ0v) is 9.74. The quantitative estimate of drug-likeness (QED) is 0.712. The van der Waals surface area contributed by atoms with Crippen LogP contribution in [0.5, 0.6) is 0 Å². The molecule has 0 heterocycles. The molecule has 1 rings (SSSR count). The van der Waals surface area contributed by atoms with E-state index in [0.717, 1.165) is 0 Å². The normalized spacial score (nSPS) is 29.5. The SMILES string of the molecule is COC(=O)C(C)NC(=O)C1(C#N)CC(C)C1. The lowest BCUT2D eigenvalue weighted by Crippen LogP contribution is -2.52. The number of methoxy groups -OCH3 is 1. The summed E-state index contributed by atoms with van der Waals surface area (Å²) in [5, 5.41) is 11.5. The summed E-state index contributed by atoms with van der Waals surface area (Å²) in [7, 11) is 1.26. The lowest BCUT2D eigenvalue weighted by Gasteiger charge is -2.39. The Morgan fingerprint density at radius 3 is 2.50 bits per heavy atom. The predicted molar refractivity (Wildman–Crippen MR) is 56.1 cm³/mol. The first kappa shape index (κ1) is 12.5. The summed E-state index contributed by atoms with van der Waals surface area (Å²) < 4.78 is 4.50. The van der Waals surface area contributed by atoms with E-state index in [1.54, 1.807) is 0 Å². The molecule has 1 atom stereocenters. The number of nitrogens with one attached hydrogen (secondary N) is 1. The van der Waals surface area contributed by atoms with Crippen LogP contribution in [0.25, 0.3) is 0 Å². The summed E-state index contributed by atoms with van der Waals surface area (Å²) >= 11 is 0. The first-order valence-electron chi connectivity index (χ1n) is 5.25. The van der Waals surface area contributed by atoms with Crippen molar-refractivity contribution in [2.24, 2.45) is 11.3 Å². The molecule has 0 aromatic heterocycles. The highest BCUT2D eigenvalue weighted by atomic mass is 16.5. The number of rotatable bonds is 3. The minimum Gasteiger partial charge on any atom is -0.467 e. The van der Waals surface area contributed by atoms with Crippen LogP contribution >= 0.6 is 0 Å². The highest BCUT2D eigenvalue weighted by Gasteiger charge is 2.49. The van der Waals surface area contributed by atoms with Gasteiger partial charge in [0.05, 0.1) is 13.2 Å². The Morgan fingerprint density at radius 1 is 1.56 bits per heavy atom. The molecule has 0 aliphatic heterocycles. The van der Waals surface area contributed by atoms with E-state index in [1.165, 1.54) is 14.0 Å². The van der Waals surface area contributed by atoms with Crippen molar-refractivity contribution in [3.63, 3.8) is 0 Å². The molecule has 1 N–H and O–H groups in total. The third-order valence-electron chi connectivity index (χ3n) is 2.94. The lowest BCUT2D eigenvalue weighted by molar-refractivity contribution is -0.146. The van der Waals surface area contributed by atoms with Gasteiger partial charge in [0.2, 0.25) is 5.91 Å². The molecular formula is C11H16N2O3. The smallest absolute Gasteiger partial charge is 0.328 e. The third kappa shape index (κ3) is 2.16. The molecule has 0 saturated heterocycles. The number of ether oxygens (including phenoxy) is 1. The zero-order valence-electron chi connectivity index (χ0n) is 9.74. The van der Waals surface area contributed by atoms with Crippen molar-refractivity contribution < 1.29 is 14.3 Å². The third-order valence-corrected chi connectivity index (χ3v) is 2.94. The van der Waals surface area contributed by atoms with Gasteiger partial charge in [-0.2, -0.15) is 5.26 Å². The van der Waals surface area contributed by atoms with Gasteiger partial charge < -0.3 is 10.1 Å². The van der Waals surface area contributed by atoms with E-state index in [9.17, 15) is 9.59 Å². The minimum atomic E-state index is -0.943. The number of hydrogen-bond donors (Lipinski definition) is 1. The Labute approximate surface area is 94.8 Å². The van der Waals surface area contributed by atoms with Crippen LogP contribution in [-0.4, -0.2) is 25.0 Å². The van der Waals surface area contributed by atoms with Crippen molar-refractivity contribution in [3.05, 3.63) is 0 Å².